The standard InChI is InChI=1S/C17H16N2.C4H11NO2S/c1-3-9-15(10-4-1)19-17(12-6-2-7-13-17)16-11-5-8-14-18-16;1-2-3-4-8(5,6)7/h1-12,14,19H,13H2;2-4H2,1H3,(H2,5,6,7). The summed E-state index contributed by atoms with van der Waals surface area (Å²) in [5.41, 5.74) is 1.89. The summed E-state index contributed by atoms with van der Waals surface area (Å²) in [6.07, 6.45) is 12.8. The fraction of sp³-hybridized carbons (Fsp3) is 0.286. The molecule has 0 radical (unpaired) electrons. The lowest BCUT2D eigenvalue weighted by Gasteiger charge is -2.33. The third-order valence-electron chi connectivity index (χ3n) is 4.11. The molecule has 0 aliphatic heterocycles. The number of nitrogens with zero attached hydrogens (tertiary/aromatic N) is 1. The number of allylic oxidation sites excluding steroid dienone is 2. The van der Waals surface area contributed by atoms with E-state index in [1.54, 1.807) is 0 Å². The molecule has 144 valence electrons. The van der Waals surface area contributed by atoms with E-state index in [-0.39, 0.29) is 11.3 Å². The second kappa shape index (κ2) is 10.0. The van der Waals surface area contributed by atoms with Crippen molar-refractivity contribution in [2.45, 2.75) is 31.7 Å². The van der Waals surface area contributed by atoms with Crippen LogP contribution < -0.4 is 10.5 Å². The van der Waals surface area contributed by atoms with E-state index in [0.717, 1.165) is 24.2 Å². The van der Waals surface area contributed by atoms with E-state index in [1.165, 1.54) is 0 Å². The number of nitrogens with two attached hydrogens (primary N) is 1. The normalized spacial score (nSPS) is 18.4. The highest BCUT2D eigenvalue weighted by atomic mass is 32.2. The molecule has 3 N–H and O–H groups in total. The van der Waals surface area contributed by atoms with Gasteiger partial charge in [0.25, 0.3) is 0 Å². The third kappa shape index (κ3) is 7.00. The van der Waals surface area contributed by atoms with Crippen LogP contribution >= 0.6 is 0 Å². The molecule has 1 heterocycles. The van der Waals surface area contributed by atoms with Crippen molar-refractivity contribution < 1.29 is 8.42 Å². The number of unbranched alkanes of at least 4 members (excludes halogenated alkanes) is 1. The first-order valence-corrected chi connectivity index (χ1v) is 10.8. The number of primary sulfonamides is 1. The van der Waals surface area contributed by atoms with Crippen molar-refractivity contribution in [2.24, 2.45) is 5.14 Å². The second-order valence-corrected chi connectivity index (χ2v) is 8.12. The summed E-state index contributed by atoms with van der Waals surface area (Å²) in [5.74, 6) is 0.115. The molecule has 1 aliphatic rings. The van der Waals surface area contributed by atoms with Crippen LogP contribution in [-0.2, 0) is 15.6 Å². The number of pyridine rings is 1. The van der Waals surface area contributed by atoms with Crippen LogP contribution in [0.4, 0.5) is 5.69 Å². The topological polar surface area (TPSA) is 85.1 Å². The number of para-hydroxylation sites is 1. The molecule has 1 aromatic carbocycles. The highest BCUT2D eigenvalue weighted by molar-refractivity contribution is 7.89. The Morgan fingerprint density at radius 3 is 2.37 bits per heavy atom. The maximum Gasteiger partial charge on any atom is 0.209 e. The van der Waals surface area contributed by atoms with E-state index in [2.05, 4.69) is 52.8 Å². The van der Waals surface area contributed by atoms with Crippen LogP contribution in [0.2, 0.25) is 0 Å². The summed E-state index contributed by atoms with van der Waals surface area (Å²) < 4.78 is 20.3. The van der Waals surface area contributed by atoms with E-state index in [1.807, 2.05) is 43.5 Å². The molecule has 0 amide bonds. The SMILES string of the molecule is C1=CCC(Nc2ccccc2)(c2ccccn2)C=C1.CCCCS(N)(=O)=O. The first-order chi connectivity index (χ1) is 13.0. The van der Waals surface area contributed by atoms with Gasteiger partial charge in [0, 0.05) is 11.9 Å². The lowest BCUT2D eigenvalue weighted by Crippen LogP contribution is -2.34. The van der Waals surface area contributed by atoms with Crippen molar-refractivity contribution in [1.82, 2.24) is 4.98 Å². The molecule has 1 aromatic heterocycles. The molecule has 0 fully saturated rings. The van der Waals surface area contributed by atoms with Gasteiger partial charge in [-0.1, -0.05) is 61.9 Å². The molecule has 0 spiro atoms. The van der Waals surface area contributed by atoms with Gasteiger partial charge in [-0.2, -0.15) is 0 Å². The molecule has 5 nitrogen and oxygen atoms in total. The van der Waals surface area contributed by atoms with Crippen molar-refractivity contribution in [3.63, 3.8) is 0 Å². The fourth-order valence-electron chi connectivity index (χ4n) is 2.72. The van der Waals surface area contributed by atoms with Crippen LogP contribution in [0.25, 0.3) is 0 Å². The fourth-order valence-corrected chi connectivity index (χ4v) is 3.41. The summed E-state index contributed by atoms with van der Waals surface area (Å²) in [4.78, 5) is 4.52. The monoisotopic (exact) mass is 385 g/mol. The van der Waals surface area contributed by atoms with Crippen LogP contribution in [0, 0.1) is 0 Å². The minimum atomic E-state index is -3.19. The highest BCUT2D eigenvalue weighted by Crippen LogP contribution is 2.32. The molecule has 3 rings (SSSR count). The Hall–Kier alpha value is -2.44. The maximum absolute atomic E-state index is 10.2. The Labute approximate surface area is 162 Å². The molecule has 2 aromatic rings. The molecule has 0 saturated heterocycles. The Morgan fingerprint density at radius 2 is 1.85 bits per heavy atom. The summed E-state index contributed by atoms with van der Waals surface area (Å²) in [6, 6.07) is 16.3. The van der Waals surface area contributed by atoms with E-state index < -0.39 is 10.0 Å². The molecule has 1 aliphatic carbocycles. The Bertz CT molecular complexity index is 850. The predicted molar refractivity (Wildman–Crippen MR) is 112 cm³/mol. The number of aromatic nitrogens is 1. The molecule has 6 heteroatoms. The first kappa shape index (κ1) is 20.9. The summed E-state index contributed by atoms with van der Waals surface area (Å²) in [7, 11) is -3.19. The second-order valence-electron chi connectivity index (χ2n) is 6.39. The van der Waals surface area contributed by atoms with Crippen LogP contribution in [0.3, 0.4) is 0 Å². The summed E-state index contributed by atoms with van der Waals surface area (Å²) >= 11 is 0. The molecule has 1 atom stereocenters. The molecule has 0 bridgehead atoms. The van der Waals surface area contributed by atoms with E-state index in [0.29, 0.717) is 6.42 Å². The van der Waals surface area contributed by atoms with Crippen LogP contribution in [0.5, 0.6) is 0 Å². The van der Waals surface area contributed by atoms with Crippen molar-refractivity contribution >= 4 is 15.7 Å². The average molecular weight is 386 g/mol. The van der Waals surface area contributed by atoms with Gasteiger partial charge in [0.2, 0.25) is 10.0 Å². The zero-order valence-corrected chi connectivity index (χ0v) is 16.4. The lowest BCUT2D eigenvalue weighted by molar-refractivity contribution is 0.594. The van der Waals surface area contributed by atoms with Crippen molar-refractivity contribution in [2.75, 3.05) is 11.1 Å². The van der Waals surface area contributed by atoms with E-state index in [9.17, 15) is 8.42 Å². The van der Waals surface area contributed by atoms with Gasteiger partial charge in [0.1, 0.15) is 5.54 Å². The van der Waals surface area contributed by atoms with E-state index >= 15 is 0 Å². The maximum atomic E-state index is 10.2. The van der Waals surface area contributed by atoms with Gasteiger partial charge in [-0.15, -0.1) is 0 Å². The Balaban J connectivity index is 0.000000279. The number of nitrogens with one attached hydrogen (secondary N) is 1. The van der Waals surface area contributed by atoms with Crippen molar-refractivity contribution in [3.05, 3.63) is 84.7 Å². The number of benzene rings is 1. The first-order valence-electron chi connectivity index (χ1n) is 9.05. The minimum Gasteiger partial charge on any atom is -0.371 e. The third-order valence-corrected chi connectivity index (χ3v) is 4.97. The number of hydrogen-bond acceptors (Lipinski definition) is 4. The zero-order chi connectivity index (χ0) is 19.6. The van der Waals surface area contributed by atoms with Gasteiger partial charge < -0.3 is 5.32 Å². The highest BCUT2D eigenvalue weighted by Gasteiger charge is 2.30. The van der Waals surface area contributed by atoms with Crippen LogP contribution in [-0.4, -0.2) is 19.2 Å². The predicted octanol–water partition coefficient (Wildman–Crippen LogP) is 3.98. The number of sulfonamides is 1. The van der Waals surface area contributed by atoms with Gasteiger partial charge in [0.15, 0.2) is 0 Å². The lowest BCUT2D eigenvalue weighted by atomic mass is 9.87. The molecule has 0 saturated carbocycles. The number of anilines is 1. The van der Waals surface area contributed by atoms with Gasteiger partial charge in [-0.05, 0) is 37.1 Å². The Kier molecular flexibility index (Phi) is 7.76. The molecular weight excluding hydrogens is 358 g/mol. The van der Waals surface area contributed by atoms with Gasteiger partial charge in [-0.25, -0.2) is 13.6 Å². The summed E-state index contributed by atoms with van der Waals surface area (Å²) in [5, 5.41) is 8.30. The number of rotatable bonds is 6. The van der Waals surface area contributed by atoms with Gasteiger partial charge >= 0.3 is 0 Å². The van der Waals surface area contributed by atoms with Crippen LogP contribution in [0.1, 0.15) is 31.9 Å². The average Bonchev–Trinajstić information content (AvgIpc) is 2.68. The van der Waals surface area contributed by atoms with Crippen LogP contribution in [0.15, 0.2) is 79.0 Å². The minimum absolute atomic E-state index is 0.115. The van der Waals surface area contributed by atoms with E-state index in [4.69, 9.17) is 5.14 Å². The van der Waals surface area contributed by atoms with Gasteiger partial charge in [-0.3, -0.25) is 4.98 Å². The largest absolute Gasteiger partial charge is 0.371 e. The quantitative estimate of drug-likeness (QED) is 0.788. The Morgan fingerprint density at radius 1 is 1.11 bits per heavy atom. The smallest absolute Gasteiger partial charge is 0.209 e. The van der Waals surface area contributed by atoms with Crippen molar-refractivity contribution in [1.29, 1.82) is 0 Å². The number of hydrogen-bond donors (Lipinski definition) is 2. The van der Waals surface area contributed by atoms with Crippen molar-refractivity contribution in [3.8, 4) is 0 Å². The molecule has 27 heavy (non-hydrogen) atoms. The summed E-state index contributed by atoms with van der Waals surface area (Å²) in [6.45, 7) is 1.92. The molecule has 1 unspecified atom stereocenters. The zero-order valence-electron chi connectivity index (χ0n) is 15.6. The molecular formula is C21H27N3O2S. The van der Waals surface area contributed by atoms with Gasteiger partial charge in [0.05, 0.1) is 11.4 Å².